The molecule has 94 valence electrons. The number of nitrogens with zero attached hydrogens (tertiary/aromatic N) is 3. The summed E-state index contributed by atoms with van der Waals surface area (Å²) < 4.78 is 1.86. The molecule has 0 unspecified atom stereocenters. The number of rotatable bonds is 2. The van der Waals surface area contributed by atoms with Crippen LogP contribution in [0, 0.1) is 0 Å². The zero-order chi connectivity index (χ0) is 12.5. The van der Waals surface area contributed by atoms with Gasteiger partial charge in [-0.2, -0.15) is 0 Å². The minimum absolute atomic E-state index is 0.278. The highest BCUT2D eigenvalue weighted by Crippen LogP contribution is 2.23. The van der Waals surface area contributed by atoms with Crippen molar-refractivity contribution in [1.29, 1.82) is 0 Å². The summed E-state index contributed by atoms with van der Waals surface area (Å²) in [5, 5.41) is 20.6. The first-order valence-corrected chi connectivity index (χ1v) is 6.04. The van der Waals surface area contributed by atoms with E-state index in [9.17, 15) is 4.79 Å². The third-order valence-electron chi connectivity index (χ3n) is 3.37. The smallest absolute Gasteiger partial charge is 0.335 e. The monoisotopic (exact) mass is 246 g/mol. The largest absolute Gasteiger partial charge is 0.478 e. The third kappa shape index (κ3) is 1.84. The van der Waals surface area contributed by atoms with Crippen molar-refractivity contribution in [2.75, 3.05) is 13.1 Å². The van der Waals surface area contributed by atoms with E-state index in [1.54, 1.807) is 18.2 Å². The number of carbonyl (C=O) groups is 1. The van der Waals surface area contributed by atoms with E-state index in [0.29, 0.717) is 6.04 Å². The molecule has 0 atom stereocenters. The Morgan fingerprint density at radius 3 is 2.89 bits per heavy atom. The molecule has 6 heteroatoms. The Bertz CT molecular complexity index is 587. The maximum atomic E-state index is 11.0. The topological polar surface area (TPSA) is 80.0 Å². The van der Waals surface area contributed by atoms with Crippen LogP contribution in [0.2, 0.25) is 0 Å². The third-order valence-corrected chi connectivity index (χ3v) is 3.37. The molecule has 0 saturated carbocycles. The molecule has 0 spiro atoms. The summed E-state index contributed by atoms with van der Waals surface area (Å²) in [7, 11) is 0. The van der Waals surface area contributed by atoms with Gasteiger partial charge in [0, 0.05) is 0 Å². The molecule has 2 heterocycles. The molecule has 0 radical (unpaired) electrons. The van der Waals surface area contributed by atoms with Crippen LogP contribution >= 0.6 is 0 Å². The molecular weight excluding hydrogens is 232 g/mol. The van der Waals surface area contributed by atoms with Gasteiger partial charge in [-0.25, -0.2) is 9.48 Å². The lowest BCUT2D eigenvalue weighted by atomic mass is 10.1. The highest BCUT2D eigenvalue weighted by atomic mass is 16.4. The van der Waals surface area contributed by atoms with Crippen LogP contribution < -0.4 is 5.32 Å². The number of hydrogen-bond donors (Lipinski definition) is 2. The van der Waals surface area contributed by atoms with Gasteiger partial charge in [0.1, 0.15) is 5.52 Å². The first-order chi connectivity index (χ1) is 8.75. The fourth-order valence-corrected chi connectivity index (χ4v) is 2.39. The lowest BCUT2D eigenvalue weighted by Crippen LogP contribution is -2.29. The molecular formula is C12H14N4O2. The second kappa shape index (κ2) is 4.38. The maximum Gasteiger partial charge on any atom is 0.335 e. The molecule has 0 amide bonds. The van der Waals surface area contributed by atoms with E-state index in [4.69, 9.17) is 5.11 Å². The summed E-state index contributed by atoms with van der Waals surface area (Å²) in [5.74, 6) is -0.921. The van der Waals surface area contributed by atoms with E-state index in [2.05, 4.69) is 15.6 Å². The predicted molar refractivity (Wildman–Crippen MR) is 65.6 cm³/mol. The highest BCUT2D eigenvalue weighted by molar-refractivity contribution is 5.92. The normalized spacial score (nSPS) is 17.1. The molecule has 0 bridgehead atoms. The summed E-state index contributed by atoms with van der Waals surface area (Å²) in [4.78, 5) is 11.0. The fourth-order valence-electron chi connectivity index (χ4n) is 2.39. The summed E-state index contributed by atoms with van der Waals surface area (Å²) in [5.41, 5.74) is 1.83. The van der Waals surface area contributed by atoms with Gasteiger partial charge in [0.25, 0.3) is 0 Å². The number of benzene rings is 1. The van der Waals surface area contributed by atoms with Crippen LogP contribution in [0.4, 0.5) is 0 Å². The summed E-state index contributed by atoms with van der Waals surface area (Å²) >= 11 is 0. The molecule has 6 nitrogen and oxygen atoms in total. The second-order valence-corrected chi connectivity index (χ2v) is 4.52. The van der Waals surface area contributed by atoms with Gasteiger partial charge in [0.2, 0.25) is 0 Å². The predicted octanol–water partition coefficient (Wildman–Crippen LogP) is 1.05. The standard InChI is InChI=1S/C12H14N4O2/c17-12(18)8-1-2-10-11(7-8)16(15-14-10)9-3-5-13-6-4-9/h1-2,7,9,13H,3-6H2,(H,17,18). The number of aromatic carboxylic acids is 1. The summed E-state index contributed by atoms with van der Waals surface area (Å²) in [6.07, 6.45) is 1.99. The van der Waals surface area contributed by atoms with Gasteiger partial charge in [-0.3, -0.25) is 0 Å². The molecule has 0 aliphatic carbocycles. The summed E-state index contributed by atoms with van der Waals surface area (Å²) in [6.45, 7) is 1.93. The Hall–Kier alpha value is -1.95. The zero-order valence-corrected chi connectivity index (χ0v) is 9.83. The van der Waals surface area contributed by atoms with Gasteiger partial charge in [0.15, 0.2) is 0 Å². The van der Waals surface area contributed by atoms with Crippen LogP contribution in [0.25, 0.3) is 11.0 Å². The summed E-state index contributed by atoms with van der Waals surface area (Å²) in [6, 6.07) is 5.23. The van der Waals surface area contributed by atoms with Crippen LogP contribution in [-0.4, -0.2) is 39.2 Å². The molecule has 3 rings (SSSR count). The Morgan fingerprint density at radius 1 is 1.39 bits per heavy atom. The van der Waals surface area contributed by atoms with Gasteiger partial charge in [-0.15, -0.1) is 5.10 Å². The molecule has 1 aromatic carbocycles. The maximum absolute atomic E-state index is 11.0. The molecule has 1 aromatic heterocycles. The quantitative estimate of drug-likeness (QED) is 0.828. The van der Waals surface area contributed by atoms with Gasteiger partial charge in [-0.05, 0) is 44.1 Å². The van der Waals surface area contributed by atoms with E-state index in [-0.39, 0.29) is 5.56 Å². The molecule has 1 saturated heterocycles. The number of hydrogen-bond acceptors (Lipinski definition) is 4. The molecule has 1 aliphatic heterocycles. The Kier molecular flexibility index (Phi) is 2.71. The van der Waals surface area contributed by atoms with Crippen molar-refractivity contribution in [1.82, 2.24) is 20.3 Å². The van der Waals surface area contributed by atoms with Crippen molar-refractivity contribution in [3.8, 4) is 0 Å². The van der Waals surface area contributed by atoms with Crippen LogP contribution in [0.15, 0.2) is 18.2 Å². The van der Waals surface area contributed by atoms with E-state index in [1.807, 2.05) is 4.68 Å². The fraction of sp³-hybridized carbons (Fsp3) is 0.417. The van der Waals surface area contributed by atoms with Gasteiger partial charge >= 0.3 is 5.97 Å². The number of carboxylic acid groups (broad SMARTS) is 1. The lowest BCUT2D eigenvalue weighted by Gasteiger charge is -2.22. The molecule has 1 fully saturated rings. The zero-order valence-electron chi connectivity index (χ0n) is 9.83. The van der Waals surface area contributed by atoms with Crippen molar-refractivity contribution in [2.45, 2.75) is 18.9 Å². The second-order valence-electron chi connectivity index (χ2n) is 4.52. The van der Waals surface area contributed by atoms with Gasteiger partial charge < -0.3 is 10.4 Å². The van der Waals surface area contributed by atoms with Crippen LogP contribution in [0.3, 0.4) is 0 Å². The van der Waals surface area contributed by atoms with Crippen LogP contribution in [-0.2, 0) is 0 Å². The van der Waals surface area contributed by atoms with Crippen LogP contribution in [0.1, 0.15) is 29.2 Å². The van der Waals surface area contributed by atoms with Crippen molar-refractivity contribution < 1.29 is 9.90 Å². The van der Waals surface area contributed by atoms with Crippen LogP contribution in [0.5, 0.6) is 0 Å². The average molecular weight is 246 g/mol. The number of aromatic nitrogens is 3. The Balaban J connectivity index is 2.05. The van der Waals surface area contributed by atoms with Crippen molar-refractivity contribution in [2.24, 2.45) is 0 Å². The number of carboxylic acids is 1. The van der Waals surface area contributed by atoms with Crippen molar-refractivity contribution in [3.63, 3.8) is 0 Å². The van der Waals surface area contributed by atoms with Gasteiger partial charge in [0.05, 0.1) is 17.1 Å². The minimum Gasteiger partial charge on any atom is -0.478 e. The number of piperidine rings is 1. The SMILES string of the molecule is O=C(O)c1ccc2nnn(C3CCNCC3)c2c1. The molecule has 18 heavy (non-hydrogen) atoms. The van der Waals surface area contributed by atoms with E-state index in [1.165, 1.54) is 0 Å². The molecule has 2 N–H and O–H groups in total. The van der Waals surface area contributed by atoms with E-state index in [0.717, 1.165) is 37.0 Å². The average Bonchev–Trinajstić information content (AvgIpc) is 2.82. The molecule has 1 aliphatic rings. The first-order valence-electron chi connectivity index (χ1n) is 6.04. The minimum atomic E-state index is -0.921. The number of nitrogens with one attached hydrogen (secondary N) is 1. The lowest BCUT2D eigenvalue weighted by molar-refractivity contribution is 0.0697. The Labute approximate surface area is 104 Å². The highest BCUT2D eigenvalue weighted by Gasteiger charge is 2.19. The van der Waals surface area contributed by atoms with Gasteiger partial charge in [-0.1, -0.05) is 5.21 Å². The van der Waals surface area contributed by atoms with E-state index >= 15 is 0 Å². The Morgan fingerprint density at radius 2 is 2.17 bits per heavy atom. The number of fused-ring (bicyclic) bond motifs is 1. The first kappa shape index (κ1) is 11.2. The molecule has 2 aromatic rings. The van der Waals surface area contributed by atoms with Crippen molar-refractivity contribution in [3.05, 3.63) is 23.8 Å². The van der Waals surface area contributed by atoms with E-state index < -0.39 is 5.97 Å². The van der Waals surface area contributed by atoms with Crippen molar-refractivity contribution >= 4 is 17.0 Å².